The molecule has 4 rings (SSSR count). The van der Waals surface area contributed by atoms with Gasteiger partial charge in [0.1, 0.15) is 6.04 Å². The van der Waals surface area contributed by atoms with Gasteiger partial charge in [0.15, 0.2) is 0 Å². The number of hydrazine groups is 1. The van der Waals surface area contributed by atoms with E-state index in [1.807, 2.05) is 30.5 Å². The number of carbonyl (C=O) groups is 1. The van der Waals surface area contributed by atoms with Crippen molar-refractivity contribution in [3.05, 3.63) is 59.8 Å². The molecule has 0 radical (unpaired) electrons. The molecule has 3 heterocycles. The molecule has 0 bridgehead atoms. The van der Waals surface area contributed by atoms with Crippen LogP contribution in [0.25, 0.3) is 0 Å². The average molecular weight is 341 g/mol. The fourth-order valence-electron chi connectivity index (χ4n) is 3.25. The minimum atomic E-state index is -0.459. The van der Waals surface area contributed by atoms with Gasteiger partial charge in [0, 0.05) is 31.9 Å². The summed E-state index contributed by atoms with van der Waals surface area (Å²) in [5.41, 5.74) is 8.06. The van der Waals surface area contributed by atoms with Gasteiger partial charge in [0.25, 0.3) is 0 Å². The second-order valence-electron chi connectivity index (χ2n) is 6.53. The van der Waals surface area contributed by atoms with Crippen molar-refractivity contribution in [1.29, 1.82) is 0 Å². The molecule has 0 aliphatic carbocycles. The van der Waals surface area contributed by atoms with Crippen molar-refractivity contribution in [3.63, 3.8) is 0 Å². The highest BCUT2D eigenvalue weighted by Crippen LogP contribution is 2.19. The summed E-state index contributed by atoms with van der Waals surface area (Å²) < 4.78 is 0. The number of benzene rings is 1. The predicted octanol–water partition coefficient (Wildman–Crippen LogP) is 0.805. The van der Waals surface area contributed by atoms with E-state index in [1.54, 1.807) is 0 Å². The van der Waals surface area contributed by atoms with Crippen molar-refractivity contribution in [2.24, 2.45) is 0 Å². The molecule has 1 aromatic rings. The lowest BCUT2D eigenvalue weighted by Gasteiger charge is -2.16. The molecule has 132 valence electrons. The zero-order chi connectivity index (χ0) is 17.1. The van der Waals surface area contributed by atoms with Crippen LogP contribution in [0.2, 0.25) is 0 Å². The van der Waals surface area contributed by atoms with Crippen LogP contribution >= 0.6 is 0 Å². The third kappa shape index (κ3) is 3.78. The highest BCUT2D eigenvalue weighted by Gasteiger charge is 2.29. The Labute approximate surface area is 147 Å². The first-order valence-electron chi connectivity index (χ1n) is 8.72. The van der Waals surface area contributed by atoms with E-state index in [-0.39, 0.29) is 5.91 Å². The third-order valence-electron chi connectivity index (χ3n) is 4.58. The van der Waals surface area contributed by atoms with Crippen LogP contribution in [0.4, 0.5) is 0 Å². The van der Waals surface area contributed by atoms with Crippen molar-refractivity contribution in [1.82, 2.24) is 26.1 Å². The van der Waals surface area contributed by atoms with Gasteiger partial charge in [0.05, 0.1) is 12.2 Å². The van der Waals surface area contributed by atoms with Crippen molar-refractivity contribution >= 4 is 5.91 Å². The van der Waals surface area contributed by atoms with Gasteiger partial charge in [-0.3, -0.25) is 4.79 Å². The lowest BCUT2D eigenvalue weighted by atomic mass is 10.2. The SMILES string of the molecule is O=C(NC1=CNN(Cc2ccccc2)C1)C1C=C(N2CCCC2)ON1. The maximum atomic E-state index is 12.4. The number of amides is 1. The second-order valence-corrected chi connectivity index (χ2v) is 6.53. The van der Waals surface area contributed by atoms with Crippen LogP contribution in [-0.2, 0) is 16.2 Å². The highest BCUT2D eigenvalue weighted by molar-refractivity contribution is 5.85. The Balaban J connectivity index is 1.27. The summed E-state index contributed by atoms with van der Waals surface area (Å²) in [4.78, 5) is 20.1. The van der Waals surface area contributed by atoms with E-state index in [9.17, 15) is 4.79 Å². The van der Waals surface area contributed by atoms with Gasteiger partial charge in [-0.15, -0.1) is 5.48 Å². The van der Waals surface area contributed by atoms with Gasteiger partial charge in [-0.25, -0.2) is 5.01 Å². The number of hydrogen-bond donors (Lipinski definition) is 3. The molecule has 3 aliphatic rings. The van der Waals surface area contributed by atoms with Crippen LogP contribution in [0.15, 0.2) is 54.2 Å². The Kier molecular flexibility index (Phi) is 4.58. The Morgan fingerprint density at radius 1 is 1.24 bits per heavy atom. The van der Waals surface area contributed by atoms with Gasteiger partial charge < -0.3 is 20.5 Å². The monoisotopic (exact) mass is 341 g/mol. The normalized spacial score (nSPS) is 23.0. The Morgan fingerprint density at radius 3 is 2.84 bits per heavy atom. The summed E-state index contributed by atoms with van der Waals surface area (Å²) in [6.07, 6.45) is 6.04. The molecule has 7 nitrogen and oxygen atoms in total. The number of hydrogen-bond acceptors (Lipinski definition) is 6. The van der Waals surface area contributed by atoms with E-state index in [0.717, 1.165) is 31.2 Å². The van der Waals surface area contributed by atoms with Crippen LogP contribution in [0, 0.1) is 0 Å². The molecule has 1 saturated heterocycles. The quantitative estimate of drug-likeness (QED) is 0.736. The molecular weight excluding hydrogens is 318 g/mol. The van der Waals surface area contributed by atoms with Crippen LogP contribution in [0.5, 0.6) is 0 Å². The van der Waals surface area contributed by atoms with Crippen LogP contribution in [0.3, 0.4) is 0 Å². The van der Waals surface area contributed by atoms with E-state index in [2.05, 4.69) is 38.3 Å². The van der Waals surface area contributed by atoms with E-state index in [1.165, 1.54) is 18.4 Å². The lowest BCUT2D eigenvalue weighted by molar-refractivity contribution is -0.123. The Morgan fingerprint density at radius 2 is 2.04 bits per heavy atom. The summed E-state index contributed by atoms with van der Waals surface area (Å²) in [6, 6.07) is 9.77. The zero-order valence-corrected chi connectivity index (χ0v) is 14.1. The largest absolute Gasteiger partial charge is 0.390 e. The smallest absolute Gasteiger partial charge is 0.248 e. The number of likely N-dealkylation sites (tertiary alicyclic amines) is 1. The highest BCUT2D eigenvalue weighted by atomic mass is 16.7. The number of hydroxylamine groups is 1. The Bertz CT molecular complexity index is 682. The average Bonchev–Trinajstić information content (AvgIpc) is 3.37. The minimum Gasteiger partial charge on any atom is -0.390 e. The molecule has 25 heavy (non-hydrogen) atoms. The summed E-state index contributed by atoms with van der Waals surface area (Å²) in [5, 5.41) is 5.01. The summed E-state index contributed by atoms with van der Waals surface area (Å²) >= 11 is 0. The molecule has 1 aromatic carbocycles. The first-order chi connectivity index (χ1) is 12.3. The van der Waals surface area contributed by atoms with E-state index in [0.29, 0.717) is 6.54 Å². The fourth-order valence-corrected chi connectivity index (χ4v) is 3.25. The van der Waals surface area contributed by atoms with Gasteiger partial charge >= 0.3 is 0 Å². The molecule has 0 aromatic heterocycles. The van der Waals surface area contributed by atoms with Crippen molar-refractivity contribution in [2.75, 3.05) is 19.6 Å². The van der Waals surface area contributed by atoms with Gasteiger partial charge in [-0.2, -0.15) is 0 Å². The molecule has 1 fully saturated rings. The standard InChI is InChI=1S/C18H23N5O2/c24-18(16-10-17(25-21-16)22-8-4-5-9-22)20-15-11-19-23(13-15)12-14-6-2-1-3-7-14/h1-3,6-7,10-11,16,19,21H,4-5,8-9,12-13H2,(H,20,24). The Hall–Kier alpha value is -2.51. The topological polar surface area (TPSA) is 68.9 Å². The number of carbonyl (C=O) groups excluding carboxylic acids is 1. The summed E-state index contributed by atoms with van der Waals surface area (Å²) in [7, 11) is 0. The first kappa shape index (κ1) is 16.0. The number of nitrogens with zero attached hydrogens (tertiary/aromatic N) is 2. The van der Waals surface area contributed by atoms with Crippen molar-refractivity contribution in [2.45, 2.75) is 25.4 Å². The van der Waals surface area contributed by atoms with Crippen LogP contribution in [-0.4, -0.2) is 41.5 Å². The number of nitrogens with one attached hydrogen (secondary N) is 3. The molecular formula is C18H23N5O2. The minimum absolute atomic E-state index is 0.108. The fraction of sp³-hybridized carbons (Fsp3) is 0.389. The summed E-state index contributed by atoms with van der Waals surface area (Å²) in [6.45, 7) is 3.41. The maximum Gasteiger partial charge on any atom is 0.248 e. The molecule has 0 saturated carbocycles. The predicted molar refractivity (Wildman–Crippen MR) is 93.1 cm³/mol. The molecule has 0 spiro atoms. The van der Waals surface area contributed by atoms with E-state index < -0.39 is 6.04 Å². The van der Waals surface area contributed by atoms with Crippen molar-refractivity contribution in [3.8, 4) is 0 Å². The third-order valence-corrected chi connectivity index (χ3v) is 4.58. The molecule has 1 amide bonds. The van der Waals surface area contributed by atoms with Crippen molar-refractivity contribution < 1.29 is 9.63 Å². The molecule has 7 heteroatoms. The first-order valence-corrected chi connectivity index (χ1v) is 8.72. The van der Waals surface area contributed by atoms with Gasteiger partial charge in [0.2, 0.25) is 11.8 Å². The molecule has 3 aliphatic heterocycles. The number of rotatable bonds is 5. The van der Waals surface area contributed by atoms with E-state index in [4.69, 9.17) is 4.84 Å². The molecule has 3 N–H and O–H groups in total. The molecule has 1 unspecified atom stereocenters. The van der Waals surface area contributed by atoms with E-state index >= 15 is 0 Å². The zero-order valence-electron chi connectivity index (χ0n) is 14.1. The van der Waals surface area contributed by atoms with Gasteiger partial charge in [-0.05, 0) is 18.4 Å². The van der Waals surface area contributed by atoms with Crippen LogP contribution in [0.1, 0.15) is 18.4 Å². The molecule has 1 atom stereocenters. The summed E-state index contributed by atoms with van der Waals surface area (Å²) in [5.74, 6) is 0.658. The maximum absolute atomic E-state index is 12.4. The second kappa shape index (κ2) is 7.16. The van der Waals surface area contributed by atoms with Crippen LogP contribution < -0.4 is 16.2 Å². The van der Waals surface area contributed by atoms with Gasteiger partial charge in [-0.1, -0.05) is 30.3 Å². The lowest BCUT2D eigenvalue weighted by Crippen LogP contribution is -2.40.